The second-order valence-electron chi connectivity index (χ2n) is 3.57. The minimum Gasteiger partial charge on any atom is -0.328 e. The van der Waals surface area contributed by atoms with Gasteiger partial charge in [-0.05, 0) is 19.1 Å². The van der Waals surface area contributed by atoms with Crippen molar-refractivity contribution in [3.8, 4) is 0 Å². The molecular weight excluding hydrogens is 256 g/mol. The van der Waals surface area contributed by atoms with Crippen LogP contribution in [-0.4, -0.2) is 26.7 Å². The molecule has 0 aliphatic carbocycles. The predicted octanol–water partition coefficient (Wildman–Crippen LogP) is 1.74. The van der Waals surface area contributed by atoms with Crippen LogP contribution in [0.4, 0.5) is 10.5 Å². The van der Waals surface area contributed by atoms with Crippen molar-refractivity contribution < 1.29 is 4.79 Å². The first kappa shape index (κ1) is 12.3. The number of nitrogens with one attached hydrogen (secondary N) is 3. The molecule has 0 spiro atoms. The summed E-state index contributed by atoms with van der Waals surface area (Å²) >= 11 is 5.92. The first-order chi connectivity index (χ1) is 8.66. The fourth-order valence-electron chi connectivity index (χ4n) is 1.34. The van der Waals surface area contributed by atoms with Gasteiger partial charge in [-0.15, -0.1) is 10.2 Å². The number of aromatic amines is 1. The highest BCUT2D eigenvalue weighted by Gasteiger charge is 2.13. The van der Waals surface area contributed by atoms with Crippen LogP contribution in [0.25, 0.3) is 0 Å². The molecule has 0 saturated carbocycles. The number of nitrogens with zero attached hydrogens (tertiary/aromatic N) is 3. The Kier molecular flexibility index (Phi) is 3.73. The van der Waals surface area contributed by atoms with E-state index in [2.05, 4.69) is 31.3 Å². The lowest BCUT2D eigenvalue weighted by atomic mass is 10.3. The lowest BCUT2D eigenvalue weighted by Crippen LogP contribution is -2.31. The molecule has 7 nitrogen and oxygen atoms in total. The van der Waals surface area contributed by atoms with Gasteiger partial charge in [0.25, 0.3) is 0 Å². The molecule has 0 saturated heterocycles. The molecule has 1 unspecified atom stereocenters. The lowest BCUT2D eigenvalue weighted by molar-refractivity contribution is 0.249. The van der Waals surface area contributed by atoms with Crippen LogP contribution in [0, 0.1) is 0 Å². The summed E-state index contributed by atoms with van der Waals surface area (Å²) in [4.78, 5) is 11.7. The number of halogens is 1. The van der Waals surface area contributed by atoms with Crippen molar-refractivity contribution in [2.45, 2.75) is 13.0 Å². The molecule has 1 aromatic heterocycles. The molecule has 2 aromatic rings. The highest BCUT2D eigenvalue weighted by atomic mass is 35.5. The molecule has 8 heteroatoms. The summed E-state index contributed by atoms with van der Waals surface area (Å²) in [6, 6.07) is 6.23. The van der Waals surface area contributed by atoms with Gasteiger partial charge in [0.05, 0.1) is 16.8 Å². The van der Waals surface area contributed by atoms with Crippen molar-refractivity contribution in [3.05, 3.63) is 35.1 Å². The van der Waals surface area contributed by atoms with Gasteiger partial charge in [0.2, 0.25) is 0 Å². The first-order valence-electron chi connectivity index (χ1n) is 5.22. The van der Waals surface area contributed by atoms with E-state index in [1.165, 1.54) is 0 Å². The molecule has 1 aromatic carbocycles. The molecule has 94 valence electrons. The molecule has 0 aliphatic rings. The van der Waals surface area contributed by atoms with Gasteiger partial charge in [0.15, 0.2) is 5.82 Å². The Morgan fingerprint density at radius 3 is 2.89 bits per heavy atom. The number of anilines is 1. The van der Waals surface area contributed by atoms with Crippen LogP contribution in [0.2, 0.25) is 5.02 Å². The number of rotatable bonds is 3. The van der Waals surface area contributed by atoms with Gasteiger partial charge in [0, 0.05) is 0 Å². The average molecular weight is 267 g/mol. The van der Waals surface area contributed by atoms with E-state index in [4.69, 9.17) is 11.6 Å². The number of hydrogen-bond donors (Lipinski definition) is 3. The van der Waals surface area contributed by atoms with Gasteiger partial charge in [-0.2, -0.15) is 5.21 Å². The van der Waals surface area contributed by atoms with E-state index in [0.717, 1.165) is 0 Å². The number of tetrazole rings is 1. The number of aromatic nitrogens is 4. The molecule has 1 heterocycles. The third-order valence-corrected chi connectivity index (χ3v) is 2.55. The molecule has 0 aliphatic heterocycles. The molecule has 2 amide bonds. The summed E-state index contributed by atoms with van der Waals surface area (Å²) in [7, 11) is 0. The molecule has 0 radical (unpaired) electrons. The highest BCUT2D eigenvalue weighted by molar-refractivity contribution is 6.33. The second kappa shape index (κ2) is 5.46. The maximum Gasteiger partial charge on any atom is 0.319 e. The van der Waals surface area contributed by atoms with Crippen molar-refractivity contribution in [2.24, 2.45) is 0 Å². The van der Waals surface area contributed by atoms with Gasteiger partial charge in [-0.1, -0.05) is 28.9 Å². The quantitative estimate of drug-likeness (QED) is 0.788. The van der Waals surface area contributed by atoms with Crippen LogP contribution >= 0.6 is 11.6 Å². The minimum absolute atomic E-state index is 0.355. The largest absolute Gasteiger partial charge is 0.328 e. The Hall–Kier alpha value is -2.15. The summed E-state index contributed by atoms with van der Waals surface area (Å²) in [6.45, 7) is 1.75. The molecular formula is C10H11ClN6O. The van der Waals surface area contributed by atoms with Crippen molar-refractivity contribution in [3.63, 3.8) is 0 Å². The van der Waals surface area contributed by atoms with E-state index in [1.54, 1.807) is 31.2 Å². The number of benzene rings is 1. The zero-order valence-corrected chi connectivity index (χ0v) is 10.3. The predicted molar refractivity (Wildman–Crippen MR) is 66.2 cm³/mol. The maximum atomic E-state index is 11.7. The summed E-state index contributed by atoms with van der Waals surface area (Å²) in [5.74, 6) is 0.407. The minimum atomic E-state index is -0.389. The van der Waals surface area contributed by atoms with Gasteiger partial charge < -0.3 is 10.6 Å². The Bertz CT molecular complexity index is 529. The number of hydrogen-bond acceptors (Lipinski definition) is 4. The number of H-pyrrole nitrogens is 1. The van der Waals surface area contributed by atoms with E-state index in [0.29, 0.717) is 16.5 Å². The van der Waals surface area contributed by atoms with Gasteiger partial charge in [0.1, 0.15) is 0 Å². The topological polar surface area (TPSA) is 95.6 Å². The number of carbonyl (C=O) groups is 1. The Balaban J connectivity index is 1.95. The van der Waals surface area contributed by atoms with Crippen molar-refractivity contribution in [1.29, 1.82) is 0 Å². The number of para-hydroxylation sites is 1. The third-order valence-electron chi connectivity index (χ3n) is 2.22. The van der Waals surface area contributed by atoms with Gasteiger partial charge >= 0.3 is 6.03 Å². The van der Waals surface area contributed by atoms with E-state index < -0.39 is 0 Å². The van der Waals surface area contributed by atoms with Crippen LogP contribution in [-0.2, 0) is 0 Å². The molecule has 0 fully saturated rings. The standard InChI is InChI=1S/C10H11ClN6O/c1-6(9-14-16-17-15-9)12-10(18)13-8-5-3-2-4-7(8)11/h2-6H,1H3,(H2,12,13,18)(H,14,15,16,17). The zero-order chi connectivity index (χ0) is 13.0. The summed E-state index contributed by atoms with van der Waals surface area (Å²) < 4.78 is 0. The van der Waals surface area contributed by atoms with Crippen molar-refractivity contribution in [2.75, 3.05) is 5.32 Å². The average Bonchev–Trinajstić information content (AvgIpc) is 2.85. The Labute approximate surface area is 108 Å². The molecule has 2 rings (SSSR count). The fraction of sp³-hybridized carbons (Fsp3) is 0.200. The zero-order valence-electron chi connectivity index (χ0n) is 9.51. The van der Waals surface area contributed by atoms with Crippen LogP contribution < -0.4 is 10.6 Å². The van der Waals surface area contributed by atoms with Crippen LogP contribution in [0.15, 0.2) is 24.3 Å². The Morgan fingerprint density at radius 2 is 2.22 bits per heavy atom. The summed E-state index contributed by atoms with van der Waals surface area (Å²) in [5, 5.41) is 19.1. The van der Waals surface area contributed by atoms with Crippen LogP contribution in [0.1, 0.15) is 18.8 Å². The maximum absolute atomic E-state index is 11.7. The molecule has 1 atom stereocenters. The normalized spacial score (nSPS) is 11.9. The Morgan fingerprint density at radius 1 is 1.44 bits per heavy atom. The summed E-state index contributed by atoms with van der Waals surface area (Å²) in [6.07, 6.45) is 0. The molecule has 18 heavy (non-hydrogen) atoms. The second-order valence-corrected chi connectivity index (χ2v) is 3.98. The van der Waals surface area contributed by atoms with Gasteiger partial charge in [-0.25, -0.2) is 4.79 Å². The van der Waals surface area contributed by atoms with Gasteiger partial charge in [-0.3, -0.25) is 0 Å². The number of urea groups is 1. The van der Waals surface area contributed by atoms with E-state index in [1.807, 2.05) is 0 Å². The SMILES string of the molecule is CC(NC(=O)Nc1ccccc1Cl)c1nn[nH]n1. The van der Waals surface area contributed by atoms with Crippen LogP contribution in [0.3, 0.4) is 0 Å². The van der Waals surface area contributed by atoms with Crippen molar-refractivity contribution in [1.82, 2.24) is 25.9 Å². The monoisotopic (exact) mass is 266 g/mol. The lowest BCUT2D eigenvalue weighted by Gasteiger charge is -2.11. The fourth-order valence-corrected chi connectivity index (χ4v) is 1.52. The third kappa shape index (κ3) is 2.95. The first-order valence-corrected chi connectivity index (χ1v) is 5.60. The molecule has 0 bridgehead atoms. The van der Waals surface area contributed by atoms with E-state index in [9.17, 15) is 4.79 Å². The highest BCUT2D eigenvalue weighted by Crippen LogP contribution is 2.20. The van der Waals surface area contributed by atoms with E-state index >= 15 is 0 Å². The number of amides is 2. The molecule has 3 N–H and O–H groups in total. The summed E-state index contributed by atoms with van der Waals surface area (Å²) in [5.41, 5.74) is 0.539. The van der Waals surface area contributed by atoms with E-state index in [-0.39, 0.29) is 12.1 Å². The smallest absolute Gasteiger partial charge is 0.319 e. The number of carbonyl (C=O) groups excluding carboxylic acids is 1. The van der Waals surface area contributed by atoms with Crippen LogP contribution in [0.5, 0.6) is 0 Å². The van der Waals surface area contributed by atoms with Crippen molar-refractivity contribution >= 4 is 23.3 Å².